The minimum Gasteiger partial charge on any atom is -0.394 e. The number of rotatable bonds is 6. The molecule has 124 valence electrons. The summed E-state index contributed by atoms with van der Waals surface area (Å²) in [5, 5.41) is 38.7. The smallest absolute Gasteiger partial charge is 0.174 e. The van der Waals surface area contributed by atoms with Gasteiger partial charge >= 0.3 is 0 Å². The molecule has 1 aliphatic heterocycles. The van der Waals surface area contributed by atoms with E-state index in [9.17, 15) is 15.3 Å². The van der Waals surface area contributed by atoms with Crippen LogP contribution >= 0.6 is 0 Å². The Morgan fingerprint density at radius 3 is 2.45 bits per heavy atom. The van der Waals surface area contributed by atoms with E-state index in [1.54, 1.807) is 0 Å². The van der Waals surface area contributed by atoms with Gasteiger partial charge in [-0.2, -0.15) is 0 Å². The lowest BCUT2D eigenvalue weighted by Gasteiger charge is -2.40. The maximum Gasteiger partial charge on any atom is 0.174 e. The van der Waals surface area contributed by atoms with Gasteiger partial charge < -0.3 is 25.2 Å². The number of hydrogen-bond acceptors (Lipinski definition) is 7. The lowest BCUT2D eigenvalue weighted by Crippen LogP contribution is -2.66. The summed E-state index contributed by atoms with van der Waals surface area (Å²) in [6.45, 7) is 1.48. The first kappa shape index (κ1) is 17.3. The molecule has 6 atom stereocenters. The van der Waals surface area contributed by atoms with Crippen LogP contribution in [-0.2, 0) is 11.2 Å². The molecule has 7 heteroatoms. The summed E-state index contributed by atoms with van der Waals surface area (Å²) < 4.78 is 5.07. The van der Waals surface area contributed by atoms with Gasteiger partial charge in [-0.15, -0.1) is 0 Å². The Balaban J connectivity index is 1.85. The van der Waals surface area contributed by atoms with Crippen LogP contribution in [0.15, 0.2) is 30.3 Å². The molecule has 1 fully saturated rings. The highest BCUT2D eigenvalue weighted by Gasteiger charge is 2.43. The Kier molecular flexibility index (Phi) is 6.27. The second-order valence-electron chi connectivity index (χ2n) is 5.63. The molecular formula is C15H24N2O5. The number of aliphatic hydroxyl groups excluding tert-OH is 4. The topological polar surface area (TPSA) is 114 Å². The molecule has 0 aliphatic carbocycles. The summed E-state index contributed by atoms with van der Waals surface area (Å²) in [4.78, 5) is 0. The van der Waals surface area contributed by atoms with Crippen molar-refractivity contribution in [1.29, 1.82) is 0 Å². The lowest BCUT2D eigenvalue weighted by molar-refractivity contribution is -0.256. The maximum absolute atomic E-state index is 10.0. The highest BCUT2D eigenvalue weighted by molar-refractivity contribution is 5.15. The summed E-state index contributed by atoms with van der Waals surface area (Å²) in [6.07, 6.45) is -4.08. The molecule has 1 aromatic carbocycles. The average Bonchev–Trinajstić information content (AvgIpc) is 2.51. The third kappa shape index (κ3) is 4.23. The van der Waals surface area contributed by atoms with Crippen molar-refractivity contribution in [3.63, 3.8) is 0 Å². The Hall–Kier alpha value is -1.06. The molecule has 1 saturated heterocycles. The maximum atomic E-state index is 10.0. The Bertz CT molecular complexity index is 447. The van der Waals surface area contributed by atoms with E-state index in [1.807, 2.05) is 37.3 Å². The van der Waals surface area contributed by atoms with Crippen molar-refractivity contribution >= 4 is 0 Å². The van der Waals surface area contributed by atoms with Crippen LogP contribution in [0.3, 0.4) is 0 Å². The second-order valence-corrected chi connectivity index (χ2v) is 5.63. The van der Waals surface area contributed by atoms with Gasteiger partial charge in [-0.25, -0.2) is 5.43 Å². The first-order valence-corrected chi connectivity index (χ1v) is 7.38. The summed E-state index contributed by atoms with van der Waals surface area (Å²) >= 11 is 0. The lowest BCUT2D eigenvalue weighted by atomic mass is 9.97. The molecule has 0 radical (unpaired) electrons. The zero-order valence-corrected chi connectivity index (χ0v) is 12.5. The van der Waals surface area contributed by atoms with Crippen molar-refractivity contribution in [1.82, 2.24) is 10.9 Å². The minimum atomic E-state index is -1.33. The van der Waals surface area contributed by atoms with Crippen molar-refractivity contribution in [3.05, 3.63) is 35.9 Å². The van der Waals surface area contributed by atoms with Gasteiger partial charge in [-0.05, 0) is 18.9 Å². The monoisotopic (exact) mass is 312 g/mol. The molecule has 0 spiro atoms. The van der Waals surface area contributed by atoms with Gasteiger partial charge in [0.15, 0.2) is 6.29 Å². The summed E-state index contributed by atoms with van der Waals surface area (Å²) in [5.41, 5.74) is 6.95. The van der Waals surface area contributed by atoms with Crippen LogP contribution < -0.4 is 10.9 Å². The summed E-state index contributed by atoms with van der Waals surface area (Å²) in [5.74, 6) is 0. The Morgan fingerprint density at radius 1 is 1.14 bits per heavy atom. The molecule has 22 heavy (non-hydrogen) atoms. The quantitative estimate of drug-likeness (QED) is 0.355. The van der Waals surface area contributed by atoms with Gasteiger partial charge in [-0.1, -0.05) is 30.3 Å². The molecule has 0 amide bonds. The van der Waals surface area contributed by atoms with E-state index in [0.29, 0.717) is 0 Å². The van der Waals surface area contributed by atoms with Gasteiger partial charge in [0.25, 0.3) is 0 Å². The normalized spacial score (nSPS) is 33.6. The molecular weight excluding hydrogens is 288 g/mol. The van der Waals surface area contributed by atoms with Crippen LogP contribution in [0.1, 0.15) is 12.5 Å². The predicted molar refractivity (Wildman–Crippen MR) is 79.6 cm³/mol. The highest BCUT2D eigenvalue weighted by Crippen LogP contribution is 2.19. The molecule has 1 aliphatic rings. The standard InChI is InChI=1S/C15H24N2O5/c1-9(7-10-5-3-2-4-6-10)16-17-12-14(20)13(19)11(8-18)22-15(12)21/h2-6,9,11-21H,7-8H2,1H3/t9-,11+,12?,13-,14+,15?/m0/s1. The van der Waals surface area contributed by atoms with Crippen LogP contribution in [0.25, 0.3) is 0 Å². The van der Waals surface area contributed by atoms with Gasteiger partial charge in [-0.3, -0.25) is 5.43 Å². The molecule has 1 heterocycles. The van der Waals surface area contributed by atoms with Crippen LogP contribution in [0.5, 0.6) is 0 Å². The van der Waals surface area contributed by atoms with Crippen molar-refractivity contribution < 1.29 is 25.2 Å². The summed E-state index contributed by atoms with van der Waals surface area (Å²) in [7, 11) is 0. The molecule has 1 aromatic rings. The molecule has 6 N–H and O–H groups in total. The van der Waals surface area contributed by atoms with Crippen molar-refractivity contribution in [2.24, 2.45) is 0 Å². The van der Waals surface area contributed by atoms with Crippen molar-refractivity contribution in [2.45, 2.75) is 50.0 Å². The number of ether oxygens (including phenoxy) is 1. The third-order valence-electron chi connectivity index (χ3n) is 3.78. The van der Waals surface area contributed by atoms with Crippen LogP contribution in [0, 0.1) is 0 Å². The van der Waals surface area contributed by atoms with E-state index in [4.69, 9.17) is 9.84 Å². The van der Waals surface area contributed by atoms with E-state index < -0.39 is 37.3 Å². The average molecular weight is 312 g/mol. The largest absolute Gasteiger partial charge is 0.394 e. The number of hydrazine groups is 1. The van der Waals surface area contributed by atoms with E-state index in [1.165, 1.54) is 0 Å². The van der Waals surface area contributed by atoms with Gasteiger partial charge in [0.1, 0.15) is 24.4 Å². The number of hydrogen-bond donors (Lipinski definition) is 6. The fourth-order valence-electron chi connectivity index (χ4n) is 2.51. The number of aliphatic hydroxyl groups is 4. The summed E-state index contributed by atoms with van der Waals surface area (Å²) in [6, 6.07) is 9.05. The highest BCUT2D eigenvalue weighted by atomic mass is 16.6. The van der Waals surface area contributed by atoms with Gasteiger partial charge in [0, 0.05) is 6.04 Å². The second kappa shape index (κ2) is 7.98. The zero-order valence-electron chi connectivity index (χ0n) is 12.5. The van der Waals surface area contributed by atoms with Gasteiger partial charge in [0.2, 0.25) is 0 Å². The van der Waals surface area contributed by atoms with Crippen LogP contribution in [0.2, 0.25) is 0 Å². The molecule has 2 unspecified atom stereocenters. The molecule has 0 bridgehead atoms. The van der Waals surface area contributed by atoms with E-state index in [2.05, 4.69) is 10.9 Å². The Morgan fingerprint density at radius 2 is 1.82 bits per heavy atom. The minimum absolute atomic E-state index is 0.0366. The van der Waals surface area contributed by atoms with Crippen LogP contribution in [-0.4, -0.2) is 63.7 Å². The third-order valence-corrected chi connectivity index (χ3v) is 3.78. The van der Waals surface area contributed by atoms with E-state index >= 15 is 0 Å². The van der Waals surface area contributed by atoms with Gasteiger partial charge in [0.05, 0.1) is 6.61 Å². The number of nitrogens with one attached hydrogen (secondary N) is 2. The van der Waals surface area contributed by atoms with Crippen LogP contribution in [0.4, 0.5) is 0 Å². The number of benzene rings is 1. The first-order valence-electron chi connectivity index (χ1n) is 7.38. The predicted octanol–water partition coefficient (Wildman–Crippen LogP) is -1.49. The molecule has 7 nitrogen and oxygen atoms in total. The molecule has 0 aromatic heterocycles. The SMILES string of the molecule is C[C@@H](Cc1ccccc1)NNC1C(O)O[C@H](CO)[C@H](O)[C@@H]1O. The van der Waals surface area contributed by atoms with E-state index in [-0.39, 0.29) is 6.04 Å². The molecule has 0 saturated carbocycles. The Labute approximate surface area is 129 Å². The fourth-order valence-corrected chi connectivity index (χ4v) is 2.51. The van der Waals surface area contributed by atoms with E-state index in [0.717, 1.165) is 12.0 Å². The zero-order chi connectivity index (χ0) is 16.1. The fraction of sp³-hybridized carbons (Fsp3) is 0.600. The first-order chi connectivity index (χ1) is 10.5. The van der Waals surface area contributed by atoms with Crippen molar-refractivity contribution in [3.8, 4) is 0 Å². The molecule has 2 rings (SSSR count). The van der Waals surface area contributed by atoms with Crippen molar-refractivity contribution in [2.75, 3.05) is 6.61 Å².